The minimum atomic E-state index is 0.853. The lowest BCUT2D eigenvalue weighted by Crippen LogP contribution is -1.92. The average molecular weight is 288 g/mol. The van der Waals surface area contributed by atoms with E-state index in [1.165, 1.54) is 22.3 Å². The van der Waals surface area contributed by atoms with E-state index < -0.39 is 0 Å². The molecule has 1 heteroatoms. The molecule has 0 bridgehead atoms. The summed E-state index contributed by atoms with van der Waals surface area (Å²) in [6.07, 6.45) is 4.91. The minimum absolute atomic E-state index is 0.853. The zero-order valence-electron chi connectivity index (χ0n) is 13.1. The summed E-state index contributed by atoms with van der Waals surface area (Å²) in [4.78, 5) is 0. The van der Waals surface area contributed by atoms with E-state index in [1.807, 2.05) is 18.2 Å². The maximum atomic E-state index is 5.93. The van der Waals surface area contributed by atoms with Gasteiger partial charge in [0.15, 0.2) is 0 Å². The van der Waals surface area contributed by atoms with Crippen LogP contribution in [0.4, 0.5) is 0 Å². The maximum absolute atomic E-state index is 5.93. The number of hydrogen-bond donors (Lipinski definition) is 0. The van der Waals surface area contributed by atoms with Crippen LogP contribution >= 0.6 is 0 Å². The van der Waals surface area contributed by atoms with Crippen LogP contribution in [0.25, 0.3) is 5.57 Å². The van der Waals surface area contributed by atoms with Crippen LogP contribution in [0, 0.1) is 6.92 Å². The molecule has 0 atom stereocenters. The summed E-state index contributed by atoms with van der Waals surface area (Å²) in [7, 11) is 0. The molecule has 0 saturated carbocycles. The molecular weight excluding hydrogens is 268 g/mol. The molecular formula is C21H20O. The van der Waals surface area contributed by atoms with Gasteiger partial charge >= 0.3 is 0 Å². The summed E-state index contributed by atoms with van der Waals surface area (Å²) in [6, 6.07) is 16.6. The van der Waals surface area contributed by atoms with Gasteiger partial charge in [-0.25, -0.2) is 0 Å². The monoisotopic (exact) mass is 288 g/mol. The first-order valence-corrected chi connectivity index (χ1v) is 7.54. The lowest BCUT2D eigenvalue weighted by molar-refractivity contribution is 0.446. The second-order valence-corrected chi connectivity index (χ2v) is 5.61. The van der Waals surface area contributed by atoms with Gasteiger partial charge in [0, 0.05) is 12.0 Å². The SMILES string of the molecule is C=C/C(=C(C)\C=C1/Cc2ccccc2O1)c1ccccc1C. The molecule has 0 spiro atoms. The topological polar surface area (TPSA) is 9.23 Å². The summed E-state index contributed by atoms with van der Waals surface area (Å²) in [6.45, 7) is 8.23. The molecule has 3 rings (SSSR count). The van der Waals surface area contributed by atoms with Gasteiger partial charge in [-0.1, -0.05) is 55.1 Å². The molecule has 0 aromatic heterocycles. The fourth-order valence-electron chi connectivity index (χ4n) is 2.87. The molecule has 1 nitrogen and oxygen atoms in total. The predicted molar refractivity (Wildman–Crippen MR) is 92.8 cm³/mol. The second kappa shape index (κ2) is 6.07. The van der Waals surface area contributed by atoms with Gasteiger partial charge in [0.2, 0.25) is 0 Å². The van der Waals surface area contributed by atoms with E-state index in [-0.39, 0.29) is 0 Å². The Morgan fingerprint density at radius 3 is 2.55 bits per heavy atom. The minimum Gasteiger partial charge on any atom is -0.461 e. The average Bonchev–Trinajstić information content (AvgIpc) is 2.92. The van der Waals surface area contributed by atoms with Crippen LogP contribution in [0.1, 0.15) is 23.6 Å². The third kappa shape index (κ3) is 2.75. The van der Waals surface area contributed by atoms with Crippen molar-refractivity contribution < 1.29 is 4.74 Å². The molecule has 0 amide bonds. The highest BCUT2D eigenvalue weighted by molar-refractivity contribution is 5.79. The Hall–Kier alpha value is -2.54. The molecule has 0 fully saturated rings. The largest absolute Gasteiger partial charge is 0.461 e. The Morgan fingerprint density at radius 2 is 1.82 bits per heavy atom. The van der Waals surface area contributed by atoms with Crippen molar-refractivity contribution in [3.63, 3.8) is 0 Å². The lowest BCUT2D eigenvalue weighted by atomic mass is 9.96. The van der Waals surface area contributed by atoms with Crippen molar-refractivity contribution in [1.82, 2.24) is 0 Å². The van der Waals surface area contributed by atoms with E-state index in [9.17, 15) is 0 Å². The number of aryl methyl sites for hydroxylation is 1. The van der Waals surface area contributed by atoms with Crippen molar-refractivity contribution in [1.29, 1.82) is 0 Å². The number of fused-ring (bicyclic) bond motifs is 1. The third-order valence-corrected chi connectivity index (χ3v) is 4.02. The molecule has 0 saturated heterocycles. The molecule has 0 N–H and O–H groups in total. The van der Waals surface area contributed by atoms with Gasteiger partial charge in [-0.2, -0.15) is 0 Å². The molecule has 0 radical (unpaired) electrons. The number of hydrogen-bond acceptors (Lipinski definition) is 1. The first-order chi connectivity index (χ1) is 10.7. The summed E-state index contributed by atoms with van der Waals surface area (Å²) < 4.78 is 5.93. The van der Waals surface area contributed by atoms with Crippen molar-refractivity contribution in [2.45, 2.75) is 20.3 Å². The van der Waals surface area contributed by atoms with Crippen molar-refractivity contribution in [2.24, 2.45) is 0 Å². The second-order valence-electron chi connectivity index (χ2n) is 5.61. The Labute approximate surface area is 132 Å². The fourth-order valence-corrected chi connectivity index (χ4v) is 2.87. The maximum Gasteiger partial charge on any atom is 0.130 e. The molecule has 1 aliphatic heterocycles. The molecule has 0 unspecified atom stereocenters. The number of para-hydroxylation sites is 1. The third-order valence-electron chi connectivity index (χ3n) is 4.02. The van der Waals surface area contributed by atoms with Crippen LogP contribution in [-0.4, -0.2) is 0 Å². The Balaban J connectivity index is 1.96. The molecule has 1 heterocycles. The van der Waals surface area contributed by atoms with Crippen molar-refractivity contribution >= 4 is 5.57 Å². The van der Waals surface area contributed by atoms with Gasteiger partial charge < -0.3 is 4.74 Å². The normalized spacial score (nSPS) is 16.0. The predicted octanol–water partition coefficient (Wildman–Crippen LogP) is 5.47. The van der Waals surface area contributed by atoms with Gasteiger partial charge in [-0.05, 0) is 48.3 Å². The molecule has 2 aromatic carbocycles. The fraction of sp³-hybridized carbons (Fsp3) is 0.143. The molecule has 0 aliphatic carbocycles. The zero-order valence-corrected chi connectivity index (χ0v) is 13.1. The summed E-state index contributed by atoms with van der Waals surface area (Å²) in [5.74, 6) is 1.96. The van der Waals surface area contributed by atoms with E-state index in [4.69, 9.17) is 4.74 Å². The first-order valence-electron chi connectivity index (χ1n) is 7.54. The van der Waals surface area contributed by atoms with E-state index >= 15 is 0 Å². The van der Waals surface area contributed by atoms with Crippen LogP contribution < -0.4 is 4.74 Å². The van der Waals surface area contributed by atoms with Crippen LogP contribution in [0.15, 0.2) is 78.6 Å². The Bertz CT molecular complexity index is 751. The number of rotatable bonds is 3. The van der Waals surface area contributed by atoms with Crippen LogP contribution in [0.3, 0.4) is 0 Å². The van der Waals surface area contributed by atoms with Crippen molar-refractivity contribution in [2.75, 3.05) is 0 Å². The quantitative estimate of drug-likeness (QED) is 0.680. The van der Waals surface area contributed by atoms with Gasteiger partial charge in [0.05, 0.1) is 0 Å². The van der Waals surface area contributed by atoms with Crippen LogP contribution in [-0.2, 0) is 6.42 Å². The highest BCUT2D eigenvalue weighted by Crippen LogP contribution is 2.32. The van der Waals surface area contributed by atoms with Gasteiger partial charge in [0.1, 0.15) is 11.5 Å². The van der Waals surface area contributed by atoms with Gasteiger partial charge in [-0.3, -0.25) is 0 Å². The van der Waals surface area contributed by atoms with Crippen LogP contribution in [0.5, 0.6) is 5.75 Å². The molecule has 1 aliphatic rings. The Morgan fingerprint density at radius 1 is 1.09 bits per heavy atom. The highest BCUT2D eigenvalue weighted by Gasteiger charge is 2.16. The van der Waals surface area contributed by atoms with E-state index in [1.54, 1.807) is 0 Å². The van der Waals surface area contributed by atoms with Gasteiger partial charge in [-0.15, -0.1) is 0 Å². The number of benzene rings is 2. The number of ether oxygens (including phenoxy) is 1. The van der Waals surface area contributed by atoms with Crippen LogP contribution in [0.2, 0.25) is 0 Å². The van der Waals surface area contributed by atoms with E-state index in [0.717, 1.165) is 23.5 Å². The smallest absolute Gasteiger partial charge is 0.130 e. The summed E-state index contributed by atoms with van der Waals surface area (Å²) in [5, 5.41) is 0. The highest BCUT2D eigenvalue weighted by atomic mass is 16.5. The lowest BCUT2D eigenvalue weighted by Gasteiger charge is -2.10. The first kappa shape index (κ1) is 14.4. The number of allylic oxidation sites excluding steroid dienone is 5. The zero-order chi connectivity index (χ0) is 15.5. The van der Waals surface area contributed by atoms with Crippen molar-refractivity contribution in [3.05, 3.63) is 95.3 Å². The standard InChI is InChI=1S/C21H20O/c1-4-19(20-11-7-5-9-15(20)2)16(3)13-18-14-17-10-6-8-12-21(17)22-18/h4-13H,1,14H2,2-3H3/b18-13+,19-16+. The molecule has 2 aromatic rings. The van der Waals surface area contributed by atoms with E-state index in [0.29, 0.717) is 0 Å². The summed E-state index contributed by atoms with van der Waals surface area (Å²) >= 11 is 0. The summed E-state index contributed by atoms with van der Waals surface area (Å²) in [5.41, 5.74) is 6.06. The van der Waals surface area contributed by atoms with Crippen molar-refractivity contribution in [3.8, 4) is 5.75 Å². The van der Waals surface area contributed by atoms with E-state index in [2.05, 4.69) is 62.9 Å². The molecule has 22 heavy (non-hydrogen) atoms. The van der Waals surface area contributed by atoms with Gasteiger partial charge in [0.25, 0.3) is 0 Å². The molecule has 110 valence electrons. The Kier molecular flexibility index (Phi) is 3.97.